The molecule has 1 aliphatic carbocycles. The molecule has 0 unspecified atom stereocenters. The van der Waals surface area contributed by atoms with Crippen molar-refractivity contribution in [1.29, 1.82) is 0 Å². The SMILES string of the molecule is O=C(N1CCc2[nH]c3ccccc3c2C1)C1(Cc2nc3ccccc3s2)CCCC1. The molecule has 1 N–H and O–H groups in total. The van der Waals surface area contributed by atoms with Crippen LogP contribution >= 0.6 is 11.3 Å². The van der Waals surface area contributed by atoms with Gasteiger partial charge in [0.15, 0.2) is 0 Å². The number of carbonyl (C=O) groups excluding carboxylic acids is 1. The number of para-hydroxylation sites is 2. The summed E-state index contributed by atoms with van der Waals surface area (Å²) >= 11 is 1.75. The first-order valence-corrected chi connectivity index (χ1v) is 11.8. The van der Waals surface area contributed by atoms with Gasteiger partial charge in [-0.25, -0.2) is 4.98 Å². The fourth-order valence-corrected chi connectivity index (χ4v) is 6.59. The molecular weight excluding hydrogens is 390 g/mol. The maximum atomic E-state index is 13.9. The van der Waals surface area contributed by atoms with E-state index in [9.17, 15) is 4.79 Å². The number of aromatic nitrogens is 2. The number of H-pyrrole nitrogens is 1. The van der Waals surface area contributed by atoms with Crippen LogP contribution in [-0.2, 0) is 24.2 Å². The highest BCUT2D eigenvalue weighted by Crippen LogP contribution is 2.44. The van der Waals surface area contributed by atoms with Crippen molar-refractivity contribution in [3.8, 4) is 0 Å². The summed E-state index contributed by atoms with van der Waals surface area (Å²) in [5, 5.41) is 2.37. The number of hydrogen-bond donors (Lipinski definition) is 1. The van der Waals surface area contributed by atoms with Crippen molar-refractivity contribution in [3.63, 3.8) is 0 Å². The molecule has 0 atom stereocenters. The average molecular weight is 416 g/mol. The lowest BCUT2D eigenvalue weighted by atomic mass is 9.80. The topological polar surface area (TPSA) is 49.0 Å². The number of nitrogens with one attached hydrogen (secondary N) is 1. The van der Waals surface area contributed by atoms with Gasteiger partial charge in [-0.05, 0) is 31.0 Å². The highest BCUT2D eigenvalue weighted by molar-refractivity contribution is 7.18. The van der Waals surface area contributed by atoms with Crippen molar-refractivity contribution in [3.05, 3.63) is 64.8 Å². The zero-order chi connectivity index (χ0) is 20.1. The first-order valence-electron chi connectivity index (χ1n) is 10.9. The summed E-state index contributed by atoms with van der Waals surface area (Å²) in [6.45, 7) is 1.53. The van der Waals surface area contributed by atoms with Gasteiger partial charge in [0.2, 0.25) is 5.91 Å². The number of rotatable bonds is 3. The lowest BCUT2D eigenvalue weighted by molar-refractivity contribution is -0.143. The van der Waals surface area contributed by atoms with Crippen molar-refractivity contribution in [2.75, 3.05) is 6.54 Å². The lowest BCUT2D eigenvalue weighted by Crippen LogP contribution is -2.46. The van der Waals surface area contributed by atoms with Crippen LogP contribution in [0.25, 0.3) is 21.1 Å². The molecule has 4 nitrogen and oxygen atoms in total. The van der Waals surface area contributed by atoms with Crippen molar-refractivity contribution in [2.45, 2.75) is 45.1 Å². The number of nitrogens with zero attached hydrogens (tertiary/aromatic N) is 2. The Morgan fingerprint density at radius 3 is 2.77 bits per heavy atom. The van der Waals surface area contributed by atoms with Gasteiger partial charge in [0.25, 0.3) is 0 Å². The van der Waals surface area contributed by atoms with Crippen molar-refractivity contribution in [1.82, 2.24) is 14.9 Å². The van der Waals surface area contributed by atoms with Gasteiger partial charge < -0.3 is 9.88 Å². The second-order valence-electron chi connectivity index (χ2n) is 8.84. The molecular formula is C25H25N3OS. The second-order valence-corrected chi connectivity index (χ2v) is 9.96. The van der Waals surface area contributed by atoms with Crippen LogP contribution in [0, 0.1) is 5.41 Å². The van der Waals surface area contributed by atoms with Crippen LogP contribution in [0.15, 0.2) is 48.5 Å². The molecule has 3 heterocycles. The smallest absolute Gasteiger partial charge is 0.229 e. The van der Waals surface area contributed by atoms with Gasteiger partial charge in [0.1, 0.15) is 0 Å². The van der Waals surface area contributed by atoms with E-state index in [-0.39, 0.29) is 5.41 Å². The molecule has 1 aliphatic heterocycles. The Hall–Kier alpha value is -2.66. The summed E-state index contributed by atoms with van der Waals surface area (Å²) in [6.07, 6.45) is 5.94. The molecule has 2 aromatic carbocycles. The molecule has 0 saturated heterocycles. The van der Waals surface area contributed by atoms with Gasteiger partial charge in [-0.2, -0.15) is 0 Å². The first kappa shape index (κ1) is 18.1. The molecule has 30 heavy (non-hydrogen) atoms. The number of fused-ring (bicyclic) bond motifs is 4. The minimum atomic E-state index is -0.280. The summed E-state index contributed by atoms with van der Waals surface area (Å²) < 4.78 is 1.22. The van der Waals surface area contributed by atoms with E-state index in [1.807, 2.05) is 6.07 Å². The number of benzene rings is 2. The van der Waals surface area contributed by atoms with E-state index in [4.69, 9.17) is 4.98 Å². The Balaban J connectivity index is 1.31. The van der Waals surface area contributed by atoms with Crippen LogP contribution in [0.4, 0.5) is 0 Å². The fraction of sp³-hybridized carbons (Fsp3) is 0.360. The highest BCUT2D eigenvalue weighted by Gasteiger charge is 2.45. The molecule has 6 rings (SSSR count). The van der Waals surface area contributed by atoms with E-state index in [0.717, 1.165) is 62.1 Å². The minimum absolute atomic E-state index is 0.280. The zero-order valence-corrected chi connectivity index (χ0v) is 17.8. The number of aromatic amines is 1. The fourth-order valence-electron chi connectivity index (χ4n) is 5.48. The predicted molar refractivity (Wildman–Crippen MR) is 122 cm³/mol. The van der Waals surface area contributed by atoms with Crippen molar-refractivity contribution < 1.29 is 4.79 Å². The van der Waals surface area contributed by atoms with E-state index in [0.29, 0.717) is 5.91 Å². The van der Waals surface area contributed by atoms with E-state index < -0.39 is 0 Å². The van der Waals surface area contributed by atoms with Gasteiger partial charge in [-0.3, -0.25) is 4.79 Å². The molecule has 2 aliphatic rings. The van der Waals surface area contributed by atoms with E-state index in [2.05, 4.69) is 52.3 Å². The van der Waals surface area contributed by atoms with Gasteiger partial charge in [0.05, 0.1) is 20.6 Å². The largest absolute Gasteiger partial charge is 0.358 e. The van der Waals surface area contributed by atoms with E-state index >= 15 is 0 Å². The quantitative estimate of drug-likeness (QED) is 0.483. The van der Waals surface area contributed by atoms with Crippen LogP contribution in [0.5, 0.6) is 0 Å². The van der Waals surface area contributed by atoms with Crippen LogP contribution in [0.2, 0.25) is 0 Å². The molecule has 0 bridgehead atoms. The number of hydrogen-bond acceptors (Lipinski definition) is 3. The molecule has 0 spiro atoms. The number of amides is 1. The molecule has 4 aromatic rings. The third kappa shape index (κ3) is 2.87. The third-order valence-corrected chi connectivity index (χ3v) is 8.05. The summed E-state index contributed by atoms with van der Waals surface area (Å²) in [6, 6.07) is 16.8. The first-order chi connectivity index (χ1) is 14.7. The average Bonchev–Trinajstić information content (AvgIpc) is 3.49. The maximum Gasteiger partial charge on any atom is 0.229 e. The Morgan fingerprint density at radius 1 is 1.10 bits per heavy atom. The van der Waals surface area contributed by atoms with Gasteiger partial charge in [0, 0.05) is 48.1 Å². The summed E-state index contributed by atoms with van der Waals surface area (Å²) in [7, 11) is 0. The monoisotopic (exact) mass is 415 g/mol. The molecule has 1 saturated carbocycles. The summed E-state index contributed by atoms with van der Waals surface area (Å²) in [5.41, 5.74) is 4.56. The molecule has 152 valence electrons. The number of carbonyl (C=O) groups is 1. The van der Waals surface area contributed by atoms with E-state index in [1.165, 1.54) is 26.9 Å². The predicted octanol–water partition coefficient (Wildman–Crippen LogP) is 5.47. The normalized spacial score (nSPS) is 18.2. The Bertz CT molecular complexity index is 1210. The van der Waals surface area contributed by atoms with Crippen molar-refractivity contribution >= 4 is 38.4 Å². The molecule has 2 aromatic heterocycles. The number of thiazole rings is 1. The third-order valence-electron chi connectivity index (χ3n) is 7.01. The standard InChI is InChI=1S/C25H25N3OS/c29-24(28-14-11-20-18(16-28)17-7-1-2-8-19(17)26-20)25(12-5-6-13-25)15-23-27-21-9-3-4-10-22(21)30-23/h1-4,7-10,26H,5-6,11-16H2. The second kappa shape index (κ2) is 6.95. The van der Waals surface area contributed by atoms with E-state index in [1.54, 1.807) is 11.3 Å². The molecule has 0 radical (unpaired) electrons. The van der Waals surface area contributed by atoms with Crippen molar-refractivity contribution in [2.24, 2.45) is 5.41 Å². The molecule has 1 fully saturated rings. The Morgan fingerprint density at radius 2 is 1.90 bits per heavy atom. The summed E-state index contributed by atoms with van der Waals surface area (Å²) in [5.74, 6) is 0.343. The lowest BCUT2D eigenvalue weighted by Gasteiger charge is -2.36. The minimum Gasteiger partial charge on any atom is -0.358 e. The van der Waals surface area contributed by atoms with Crippen LogP contribution in [0.1, 0.15) is 41.9 Å². The van der Waals surface area contributed by atoms with Gasteiger partial charge in [-0.15, -0.1) is 11.3 Å². The summed E-state index contributed by atoms with van der Waals surface area (Å²) in [4.78, 5) is 24.5. The van der Waals surface area contributed by atoms with Gasteiger partial charge in [-0.1, -0.05) is 43.2 Å². The molecule has 5 heteroatoms. The highest BCUT2D eigenvalue weighted by atomic mass is 32.1. The Kier molecular flexibility index (Phi) is 4.20. The maximum absolute atomic E-state index is 13.9. The Labute approximate surface area is 179 Å². The van der Waals surface area contributed by atoms with Crippen LogP contribution in [0.3, 0.4) is 0 Å². The molecule has 1 amide bonds. The van der Waals surface area contributed by atoms with Gasteiger partial charge >= 0.3 is 0 Å². The zero-order valence-electron chi connectivity index (χ0n) is 17.0. The van der Waals surface area contributed by atoms with Crippen LogP contribution in [-0.4, -0.2) is 27.3 Å². The van der Waals surface area contributed by atoms with Crippen LogP contribution < -0.4 is 0 Å².